The molecule has 0 fully saturated rings. The van der Waals surface area contributed by atoms with E-state index in [9.17, 15) is 4.79 Å². The summed E-state index contributed by atoms with van der Waals surface area (Å²) >= 11 is 9.62. The third-order valence-corrected chi connectivity index (χ3v) is 6.30. The fourth-order valence-electron chi connectivity index (χ4n) is 3.33. The minimum absolute atomic E-state index is 0.0866. The second kappa shape index (κ2) is 10.3. The SMILES string of the molecule is CC[C@@H](C)c1nc2ccc(Br)cc2c(=O)n1N=Cc1ccc(OCc2ccccc2Cl)cc1. The van der Waals surface area contributed by atoms with Crippen LogP contribution in [0, 0.1) is 0 Å². The molecular formula is C26H23BrClN3O2. The Morgan fingerprint density at radius 3 is 2.64 bits per heavy atom. The van der Waals surface area contributed by atoms with E-state index in [0.29, 0.717) is 28.4 Å². The first-order valence-corrected chi connectivity index (χ1v) is 11.9. The van der Waals surface area contributed by atoms with Crippen molar-refractivity contribution in [2.75, 3.05) is 0 Å². The van der Waals surface area contributed by atoms with E-state index in [4.69, 9.17) is 21.3 Å². The van der Waals surface area contributed by atoms with E-state index < -0.39 is 0 Å². The van der Waals surface area contributed by atoms with Gasteiger partial charge in [0.15, 0.2) is 0 Å². The molecule has 3 aromatic carbocycles. The van der Waals surface area contributed by atoms with Crippen molar-refractivity contribution in [1.82, 2.24) is 9.66 Å². The highest BCUT2D eigenvalue weighted by atomic mass is 79.9. The number of rotatable bonds is 7. The van der Waals surface area contributed by atoms with Crippen LogP contribution < -0.4 is 10.3 Å². The molecule has 1 aromatic heterocycles. The molecule has 0 N–H and O–H groups in total. The predicted octanol–water partition coefficient (Wildman–Crippen LogP) is 6.79. The van der Waals surface area contributed by atoms with Gasteiger partial charge in [-0.15, -0.1) is 0 Å². The van der Waals surface area contributed by atoms with Crippen LogP contribution in [0.3, 0.4) is 0 Å². The van der Waals surface area contributed by atoms with Crippen molar-refractivity contribution < 1.29 is 4.74 Å². The maximum Gasteiger partial charge on any atom is 0.282 e. The summed E-state index contributed by atoms with van der Waals surface area (Å²) in [6.07, 6.45) is 2.51. The third-order valence-electron chi connectivity index (χ3n) is 5.44. The van der Waals surface area contributed by atoms with Gasteiger partial charge in [-0.3, -0.25) is 4.79 Å². The monoisotopic (exact) mass is 523 g/mol. The molecule has 0 saturated heterocycles. The van der Waals surface area contributed by atoms with Crippen LogP contribution in [-0.2, 0) is 6.61 Å². The molecular weight excluding hydrogens is 502 g/mol. The lowest BCUT2D eigenvalue weighted by Crippen LogP contribution is -2.23. The molecule has 1 heterocycles. The number of hydrogen-bond acceptors (Lipinski definition) is 4. The molecule has 0 bridgehead atoms. The second-order valence-corrected chi connectivity index (χ2v) is 9.07. The summed E-state index contributed by atoms with van der Waals surface area (Å²) in [6.45, 7) is 4.50. The number of halogens is 2. The second-order valence-electron chi connectivity index (χ2n) is 7.75. The average Bonchev–Trinajstić information content (AvgIpc) is 2.83. The molecule has 1 atom stereocenters. The van der Waals surface area contributed by atoms with E-state index in [1.807, 2.05) is 67.6 Å². The number of nitrogens with zero attached hydrogens (tertiary/aromatic N) is 3. The zero-order valence-electron chi connectivity index (χ0n) is 18.3. The fourth-order valence-corrected chi connectivity index (χ4v) is 3.88. The predicted molar refractivity (Wildman–Crippen MR) is 138 cm³/mol. The largest absolute Gasteiger partial charge is 0.489 e. The van der Waals surface area contributed by atoms with Crippen molar-refractivity contribution in [3.63, 3.8) is 0 Å². The Hall–Kier alpha value is -2.96. The van der Waals surface area contributed by atoms with Gasteiger partial charge >= 0.3 is 0 Å². The molecule has 0 spiro atoms. The summed E-state index contributed by atoms with van der Waals surface area (Å²) in [5, 5.41) is 5.71. The van der Waals surface area contributed by atoms with Crippen LogP contribution >= 0.6 is 27.5 Å². The molecule has 0 aliphatic heterocycles. The minimum atomic E-state index is -0.187. The first kappa shape index (κ1) is 23.2. The van der Waals surface area contributed by atoms with Crippen molar-refractivity contribution in [2.45, 2.75) is 32.8 Å². The van der Waals surface area contributed by atoms with E-state index in [-0.39, 0.29) is 11.5 Å². The maximum absolute atomic E-state index is 13.2. The normalized spacial score (nSPS) is 12.4. The summed E-state index contributed by atoms with van der Waals surface area (Å²) in [6, 6.07) is 20.6. The van der Waals surface area contributed by atoms with Crippen LogP contribution in [0.15, 0.2) is 81.1 Å². The van der Waals surface area contributed by atoms with Crippen molar-refractivity contribution in [1.29, 1.82) is 0 Å². The zero-order valence-corrected chi connectivity index (χ0v) is 20.7. The lowest BCUT2D eigenvalue weighted by Gasteiger charge is -2.14. The van der Waals surface area contributed by atoms with Gasteiger partial charge in [0, 0.05) is 21.0 Å². The Kier molecular flexibility index (Phi) is 7.26. The highest BCUT2D eigenvalue weighted by molar-refractivity contribution is 9.10. The van der Waals surface area contributed by atoms with Crippen LogP contribution in [0.4, 0.5) is 0 Å². The molecule has 4 rings (SSSR count). The molecule has 0 aliphatic rings. The van der Waals surface area contributed by atoms with Crippen molar-refractivity contribution in [3.05, 3.63) is 104 Å². The van der Waals surface area contributed by atoms with Crippen molar-refractivity contribution in [3.8, 4) is 5.75 Å². The van der Waals surface area contributed by atoms with Crippen LogP contribution in [0.25, 0.3) is 10.9 Å². The molecule has 0 amide bonds. The Balaban J connectivity index is 1.59. The van der Waals surface area contributed by atoms with Gasteiger partial charge in [0.25, 0.3) is 5.56 Å². The van der Waals surface area contributed by atoms with Crippen molar-refractivity contribution in [2.24, 2.45) is 5.10 Å². The lowest BCUT2D eigenvalue weighted by atomic mass is 10.1. The van der Waals surface area contributed by atoms with Gasteiger partial charge in [-0.1, -0.05) is 59.6 Å². The van der Waals surface area contributed by atoms with Gasteiger partial charge in [0.2, 0.25) is 0 Å². The molecule has 5 nitrogen and oxygen atoms in total. The quantitative estimate of drug-likeness (QED) is 0.250. The van der Waals surface area contributed by atoms with Gasteiger partial charge in [0.1, 0.15) is 18.2 Å². The number of hydrogen-bond donors (Lipinski definition) is 0. The molecule has 33 heavy (non-hydrogen) atoms. The first-order chi connectivity index (χ1) is 16.0. The standard InChI is InChI=1S/C26H23BrClN3O2/c1-3-17(2)25-30-24-13-10-20(27)14-22(24)26(32)31(25)29-15-18-8-11-21(12-9-18)33-16-19-6-4-5-7-23(19)28/h4-15,17H,3,16H2,1-2H3/t17-/m1/s1. The Labute approximate surface area is 205 Å². The highest BCUT2D eigenvalue weighted by Crippen LogP contribution is 2.21. The lowest BCUT2D eigenvalue weighted by molar-refractivity contribution is 0.306. The summed E-state index contributed by atoms with van der Waals surface area (Å²) in [4.78, 5) is 17.9. The number of aromatic nitrogens is 2. The van der Waals surface area contributed by atoms with E-state index in [1.54, 1.807) is 12.3 Å². The van der Waals surface area contributed by atoms with E-state index in [1.165, 1.54) is 4.68 Å². The minimum Gasteiger partial charge on any atom is -0.489 e. The molecule has 0 radical (unpaired) electrons. The molecule has 168 valence electrons. The van der Waals surface area contributed by atoms with Crippen LogP contribution in [0.1, 0.15) is 43.1 Å². The van der Waals surface area contributed by atoms with Gasteiger partial charge in [-0.2, -0.15) is 9.78 Å². The van der Waals surface area contributed by atoms with Crippen LogP contribution in [-0.4, -0.2) is 15.9 Å². The van der Waals surface area contributed by atoms with E-state index in [0.717, 1.165) is 27.8 Å². The number of fused-ring (bicyclic) bond motifs is 1. The zero-order chi connectivity index (χ0) is 23.4. The van der Waals surface area contributed by atoms with Gasteiger partial charge in [0.05, 0.1) is 17.1 Å². The fraction of sp³-hybridized carbons (Fsp3) is 0.192. The van der Waals surface area contributed by atoms with Gasteiger partial charge in [-0.25, -0.2) is 4.98 Å². The number of ether oxygens (including phenoxy) is 1. The van der Waals surface area contributed by atoms with Gasteiger partial charge < -0.3 is 4.74 Å². The summed E-state index contributed by atoms with van der Waals surface area (Å²) in [7, 11) is 0. The Morgan fingerprint density at radius 2 is 1.91 bits per heavy atom. The molecule has 0 saturated carbocycles. The third kappa shape index (κ3) is 5.34. The summed E-state index contributed by atoms with van der Waals surface area (Å²) in [5.41, 5.74) is 2.26. The maximum atomic E-state index is 13.2. The average molecular weight is 525 g/mol. The molecule has 7 heteroatoms. The smallest absolute Gasteiger partial charge is 0.282 e. The topological polar surface area (TPSA) is 56.5 Å². The first-order valence-electron chi connectivity index (χ1n) is 10.7. The Morgan fingerprint density at radius 1 is 1.15 bits per heavy atom. The summed E-state index contributed by atoms with van der Waals surface area (Å²) < 4.78 is 8.07. The van der Waals surface area contributed by atoms with Gasteiger partial charge in [-0.05, 0) is 60.5 Å². The Bertz CT molecular complexity index is 1370. The summed E-state index contributed by atoms with van der Waals surface area (Å²) in [5.74, 6) is 1.46. The van der Waals surface area contributed by atoms with E-state index in [2.05, 4.69) is 28.0 Å². The van der Waals surface area contributed by atoms with Crippen LogP contribution in [0.5, 0.6) is 5.75 Å². The van der Waals surface area contributed by atoms with Crippen LogP contribution in [0.2, 0.25) is 5.02 Å². The number of benzene rings is 3. The highest BCUT2D eigenvalue weighted by Gasteiger charge is 2.15. The molecule has 0 aliphatic carbocycles. The molecule has 4 aromatic rings. The molecule has 0 unspecified atom stereocenters. The van der Waals surface area contributed by atoms with Crippen molar-refractivity contribution >= 4 is 44.6 Å². The van der Waals surface area contributed by atoms with E-state index >= 15 is 0 Å².